The van der Waals surface area contributed by atoms with Crippen molar-refractivity contribution in [2.24, 2.45) is 5.92 Å². The second-order valence-electron chi connectivity index (χ2n) is 7.37. The van der Waals surface area contributed by atoms with Crippen molar-refractivity contribution in [3.8, 4) is 11.3 Å². The third kappa shape index (κ3) is 2.42. The first-order valence-electron chi connectivity index (χ1n) is 8.72. The molecule has 0 radical (unpaired) electrons. The van der Waals surface area contributed by atoms with Crippen LogP contribution >= 0.6 is 0 Å². The summed E-state index contributed by atoms with van der Waals surface area (Å²) in [5.74, 6) is 2.81. The van der Waals surface area contributed by atoms with Gasteiger partial charge in [0, 0.05) is 43.7 Å². The lowest BCUT2D eigenvalue weighted by Crippen LogP contribution is -2.31. The van der Waals surface area contributed by atoms with Gasteiger partial charge in [0.15, 0.2) is 0 Å². The van der Waals surface area contributed by atoms with Gasteiger partial charge in [0.2, 0.25) is 11.9 Å². The summed E-state index contributed by atoms with van der Waals surface area (Å²) >= 11 is 0. The lowest BCUT2D eigenvalue weighted by atomic mass is 9.86. The summed E-state index contributed by atoms with van der Waals surface area (Å²) in [6.45, 7) is 5.14. The molecule has 4 heterocycles. The van der Waals surface area contributed by atoms with Crippen LogP contribution in [0.1, 0.15) is 19.3 Å². The van der Waals surface area contributed by atoms with Crippen LogP contribution in [0.2, 0.25) is 0 Å². The van der Waals surface area contributed by atoms with E-state index in [1.165, 1.54) is 18.4 Å². The van der Waals surface area contributed by atoms with Crippen molar-refractivity contribution in [2.75, 3.05) is 29.1 Å². The van der Waals surface area contributed by atoms with Crippen LogP contribution in [0, 0.1) is 5.92 Å². The molecule has 2 saturated carbocycles. The van der Waals surface area contributed by atoms with E-state index in [9.17, 15) is 0 Å². The molecule has 2 aliphatic heterocycles. The monoisotopic (exact) mass is 335 g/mol. The minimum atomic E-state index is 0.269. The molecule has 2 aliphatic carbocycles. The first kappa shape index (κ1) is 14.6. The minimum Gasteiger partial charge on any atom is -0.368 e. The lowest BCUT2D eigenvalue weighted by Gasteiger charge is -2.27. The highest BCUT2D eigenvalue weighted by atomic mass is 15.3. The molecule has 1 unspecified atom stereocenters. The van der Waals surface area contributed by atoms with E-state index in [0.29, 0.717) is 12.1 Å². The summed E-state index contributed by atoms with van der Waals surface area (Å²) < 4.78 is 0. The molecule has 2 N–H and O–H groups in total. The van der Waals surface area contributed by atoms with Gasteiger partial charge in [-0.15, -0.1) is 0 Å². The van der Waals surface area contributed by atoms with Gasteiger partial charge in [-0.2, -0.15) is 4.98 Å². The van der Waals surface area contributed by atoms with Gasteiger partial charge in [-0.3, -0.25) is 0 Å². The Balaban J connectivity index is 1.57. The quantitative estimate of drug-likeness (QED) is 0.854. The van der Waals surface area contributed by atoms with Gasteiger partial charge < -0.3 is 15.5 Å². The number of aromatic nitrogens is 4. The summed E-state index contributed by atoms with van der Waals surface area (Å²) in [6, 6.07) is 2.98. The van der Waals surface area contributed by atoms with Crippen LogP contribution in [-0.4, -0.2) is 45.6 Å². The summed E-state index contributed by atoms with van der Waals surface area (Å²) in [4.78, 5) is 22.4. The van der Waals surface area contributed by atoms with Crippen LogP contribution in [-0.2, 0) is 0 Å². The SMILES string of the molecule is C=C1CC1N(C)c1cc(-c2cnc(N)nc2)nc(N2CC3CC2C3)n1. The van der Waals surface area contributed by atoms with Crippen molar-refractivity contribution < 1.29 is 0 Å². The minimum absolute atomic E-state index is 0.269. The molecule has 0 spiro atoms. The second kappa shape index (κ2) is 5.15. The van der Waals surface area contributed by atoms with Crippen LogP contribution in [0.25, 0.3) is 11.3 Å². The topological polar surface area (TPSA) is 84.1 Å². The number of fused-ring (bicyclic) bond motifs is 1. The van der Waals surface area contributed by atoms with E-state index >= 15 is 0 Å². The third-order valence-electron chi connectivity index (χ3n) is 5.63. The number of nitrogen functional groups attached to an aromatic ring is 1. The fourth-order valence-electron chi connectivity index (χ4n) is 3.89. The molecule has 2 saturated heterocycles. The summed E-state index contributed by atoms with van der Waals surface area (Å²) in [5, 5.41) is 0. The summed E-state index contributed by atoms with van der Waals surface area (Å²) in [5.41, 5.74) is 8.56. The van der Waals surface area contributed by atoms with E-state index in [-0.39, 0.29) is 5.95 Å². The maximum absolute atomic E-state index is 5.62. The molecule has 128 valence electrons. The van der Waals surface area contributed by atoms with E-state index in [4.69, 9.17) is 15.7 Å². The first-order chi connectivity index (χ1) is 12.1. The highest BCUT2D eigenvalue weighted by Crippen LogP contribution is 2.43. The largest absolute Gasteiger partial charge is 0.368 e. The molecule has 4 aliphatic rings. The molecule has 1 atom stereocenters. The van der Waals surface area contributed by atoms with E-state index in [0.717, 1.165) is 41.9 Å². The molecule has 6 rings (SSSR count). The Morgan fingerprint density at radius 2 is 1.96 bits per heavy atom. The smallest absolute Gasteiger partial charge is 0.228 e. The van der Waals surface area contributed by atoms with Gasteiger partial charge in [0.25, 0.3) is 0 Å². The maximum atomic E-state index is 5.62. The zero-order valence-corrected chi connectivity index (χ0v) is 14.3. The lowest BCUT2D eigenvalue weighted by molar-refractivity contribution is 0.380. The molecule has 7 nitrogen and oxygen atoms in total. The van der Waals surface area contributed by atoms with Gasteiger partial charge in [0.1, 0.15) is 5.82 Å². The molecule has 2 aromatic rings. The predicted molar refractivity (Wildman–Crippen MR) is 97.3 cm³/mol. The highest BCUT2D eigenvalue weighted by molar-refractivity contribution is 5.65. The third-order valence-corrected chi connectivity index (χ3v) is 5.63. The Morgan fingerprint density at radius 1 is 1.24 bits per heavy atom. The van der Waals surface area contributed by atoms with Gasteiger partial charge in [-0.05, 0) is 25.2 Å². The molecule has 0 aromatic carbocycles. The van der Waals surface area contributed by atoms with E-state index in [1.807, 2.05) is 6.07 Å². The molecular formula is C18H21N7. The molecule has 2 bridgehead atoms. The summed E-state index contributed by atoms with van der Waals surface area (Å²) in [7, 11) is 2.07. The Labute approximate surface area is 146 Å². The van der Waals surface area contributed by atoms with Crippen LogP contribution in [0.3, 0.4) is 0 Å². The number of hydrogen-bond acceptors (Lipinski definition) is 7. The van der Waals surface area contributed by atoms with Gasteiger partial charge >= 0.3 is 0 Å². The number of rotatable bonds is 4. The normalized spacial score (nSPS) is 26.5. The van der Waals surface area contributed by atoms with Crippen molar-refractivity contribution in [1.82, 2.24) is 19.9 Å². The van der Waals surface area contributed by atoms with E-state index in [2.05, 4.69) is 33.4 Å². The maximum Gasteiger partial charge on any atom is 0.228 e. The Morgan fingerprint density at radius 3 is 2.56 bits per heavy atom. The van der Waals surface area contributed by atoms with Crippen LogP contribution in [0.5, 0.6) is 0 Å². The van der Waals surface area contributed by atoms with Crippen LogP contribution in [0.15, 0.2) is 30.6 Å². The number of nitrogens with zero attached hydrogens (tertiary/aromatic N) is 6. The van der Waals surface area contributed by atoms with Crippen molar-refractivity contribution in [3.05, 3.63) is 30.6 Å². The molecule has 0 amide bonds. The molecule has 2 aromatic heterocycles. The van der Waals surface area contributed by atoms with Crippen LogP contribution < -0.4 is 15.5 Å². The Hall–Kier alpha value is -2.70. The predicted octanol–water partition coefficient (Wildman–Crippen LogP) is 1.88. The molecule has 4 fully saturated rings. The van der Waals surface area contributed by atoms with Crippen molar-refractivity contribution >= 4 is 17.7 Å². The molecular weight excluding hydrogens is 314 g/mol. The number of nitrogens with two attached hydrogens (primary N) is 1. The average molecular weight is 335 g/mol. The standard InChI is InChI=1S/C18H21N7/c1-10-3-15(10)24(2)16-6-14(12-7-20-17(19)21-8-12)22-18(23-16)25-9-11-4-13(25)5-11/h6-8,11,13,15H,1,3-5,9H2,2H3,(H2,19,20,21). The van der Waals surface area contributed by atoms with E-state index in [1.54, 1.807) is 12.4 Å². The fraction of sp³-hybridized carbons (Fsp3) is 0.444. The van der Waals surface area contributed by atoms with Gasteiger partial charge in [-0.1, -0.05) is 12.2 Å². The van der Waals surface area contributed by atoms with Crippen LogP contribution in [0.4, 0.5) is 17.7 Å². The van der Waals surface area contributed by atoms with Crippen molar-refractivity contribution in [1.29, 1.82) is 0 Å². The zero-order valence-electron chi connectivity index (χ0n) is 14.3. The van der Waals surface area contributed by atoms with Crippen molar-refractivity contribution in [3.63, 3.8) is 0 Å². The van der Waals surface area contributed by atoms with Gasteiger partial charge in [0.05, 0.1) is 11.7 Å². The Bertz CT molecular complexity index is 841. The van der Waals surface area contributed by atoms with Crippen molar-refractivity contribution in [2.45, 2.75) is 31.3 Å². The fourth-order valence-corrected chi connectivity index (χ4v) is 3.89. The summed E-state index contributed by atoms with van der Waals surface area (Å²) in [6.07, 6.45) is 7.01. The number of anilines is 3. The molecule has 25 heavy (non-hydrogen) atoms. The highest BCUT2D eigenvalue weighted by Gasteiger charge is 2.44. The van der Waals surface area contributed by atoms with E-state index < -0.39 is 0 Å². The zero-order chi connectivity index (χ0) is 17.1. The Kier molecular flexibility index (Phi) is 3.01. The average Bonchev–Trinajstić information content (AvgIpc) is 3.01. The van der Waals surface area contributed by atoms with Gasteiger partial charge in [-0.25, -0.2) is 15.0 Å². The number of hydrogen-bond donors (Lipinski definition) is 1. The second-order valence-corrected chi connectivity index (χ2v) is 7.37. The number of likely N-dealkylation sites (N-methyl/N-ethyl adjacent to an activating group) is 1. The molecule has 7 heteroatoms. The first-order valence-corrected chi connectivity index (χ1v) is 8.72.